The number of allylic oxidation sites excluding steroid dienone is 3. The second-order valence-electron chi connectivity index (χ2n) is 5.49. The van der Waals surface area contributed by atoms with Crippen molar-refractivity contribution in [2.24, 2.45) is 0 Å². The number of hydrogen-bond acceptors (Lipinski definition) is 6. The van der Waals surface area contributed by atoms with Gasteiger partial charge in [-0.1, -0.05) is 12.1 Å². The lowest BCUT2D eigenvalue weighted by Gasteiger charge is -2.35. The van der Waals surface area contributed by atoms with Gasteiger partial charge in [-0.3, -0.25) is 14.9 Å². The van der Waals surface area contributed by atoms with E-state index in [2.05, 4.69) is 0 Å². The van der Waals surface area contributed by atoms with Crippen LogP contribution in [-0.2, 0) is 4.79 Å². The van der Waals surface area contributed by atoms with Crippen LogP contribution in [0, 0.1) is 10.1 Å². The molecule has 1 saturated heterocycles. The maximum absolute atomic E-state index is 13.0. The van der Waals surface area contributed by atoms with Crippen LogP contribution in [0.1, 0.15) is 0 Å². The van der Waals surface area contributed by atoms with Crippen molar-refractivity contribution in [1.82, 2.24) is 9.21 Å². The number of aldehydes is 1. The molecular weight excluding hydrogens is 371 g/mol. The van der Waals surface area contributed by atoms with E-state index in [-0.39, 0.29) is 18.5 Å². The molecule has 0 unspecified atom stereocenters. The van der Waals surface area contributed by atoms with Crippen LogP contribution in [0.25, 0.3) is 0 Å². The molecule has 1 heterocycles. The van der Waals surface area contributed by atoms with E-state index in [1.807, 2.05) is 0 Å². The average Bonchev–Trinajstić information content (AvgIpc) is 2.56. The molecule has 140 valence electrons. The normalized spacial score (nSPS) is 18.2. The number of nitrogens with zero attached hydrogens (tertiary/aromatic N) is 3. The number of rotatable bonds is 5. The minimum atomic E-state index is -4.64. The molecule has 0 radical (unpaired) electrons. The zero-order valence-corrected chi connectivity index (χ0v) is 14.6. The molecule has 1 fully saturated rings. The molecule has 26 heavy (non-hydrogen) atoms. The van der Waals surface area contributed by atoms with Crippen LogP contribution in [0.15, 0.2) is 52.6 Å². The molecule has 0 atom stereocenters. The minimum Gasteiger partial charge on any atom is -0.375 e. The molecule has 1 aliphatic rings. The van der Waals surface area contributed by atoms with Crippen LogP contribution < -0.4 is 0 Å². The zero-order valence-electron chi connectivity index (χ0n) is 13.8. The van der Waals surface area contributed by atoms with Gasteiger partial charge in [0.25, 0.3) is 5.69 Å². The number of nitro benzene ring substituents is 1. The SMILES string of the molecule is CN1CCN(Sc2ccccc2[N+](=O)[O-])C/C1=C/C(=C\C=O)C(F)(F)F. The third kappa shape index (κ3) is 5.09. The summed E-state index contributed by atoms with van der Waals surface area (Å²) in [6.07, 6.45) is -3.12. The van der Waals surface area contributed by atoms with Gasteiger partial charge in [-0.05, 0) is 30.2 Å². The van der Waals surface area contributed by atoms with Crippen molar-refractivity contribution in [3.05, 3.63) is 57.8 Å². The van der Waals surface area contributed by atoms with E-state index in [1.54, 1.807) is 34.5 Å². The monoisotopic (exact) mass is 387 g/mol. The van der Waals surface area contributed by atoms with Gasteiger partial charge >= 0.3 is 6.18 Å². The Morgan fingerprint density at radius 2 is 2.00 bits per heavy atom. The Kier molecular flexibility index (Phi) is 6.43. The van der Waals surface area contributed by atoms with Crippen molar-refractivity contribution in [2.75, 3.05) is 26.7 Å². The highest BCUT2D eigenvalue weighted by molar-refractivity contribution is 7.97. The number of halogens is 3. The fourth-order valence-electron chi connectivity index (χ4n) is 2.32. The molecule has 0 amide bonds. The lowest BCUT2D eigenvalue weighted by atomic mass is 10.1. The van der Waals surface area contributed by atoms with Crippen LogP contribution in [-0.4, -0.2) is 53.3 Å². The van der Waals surface area contributed by atoms with E-state index in [0.717, 1.165) is 18.0 Å². The first-order valence-corrected chi connectivity index (χ1v) is 8.30. The molecule has 1 aromatic rings. The summed E-state index contributed by atoms with van der Waals surface area (Å²) < 4.78 is 40.7. The standard InChI is InChI=1S/C16H16F3N3O3S/c1-20-7-8-21(26-15-5-3-2-4-14(15)22(24)25)11-13(20)10-12(6-9-23)16(17,18)19/h2-6,9-10H,7-8,11H2,1H3/b12-6+,13-10-. The highest BCUT2D eigenvalue weighted by Gasteiger charge is 2.33. The number of piperazine rings is 1. The topological polar surface area (TPSA) is 66.7 Å². The number of nitro groups is 1. The first kappa shape index (κ1) is 20.0. The largest absolute Gasteiger partial charge is 0.416 e. The van der Waals surface area contributed by atoms with Gasteiger partial charge in [-0.15, -0.1) is 0 Å². The molecule has 10 heteroatoms. The predicted molar refractivity (Wildman–Crippen MR) is 91.4 cm³/mol. The molecule has 0 aromatic heterocycles. The number of hydrogen-bond donors (Lipinski definition) is 0. The Hall–Kier alpha value is -2.33. The lowest BCUT2D eigenvalue weighted by Crippen LogP contribution is -2.39. The molecule has 1 aromatic carbocycles. The highest BCUT2D eigenvalue weighted by Crippen LogP contribution is 2.34. The van der Waals surface area contributed by atoms with Crippen molar-refractivity contribution >= 4 is 23.9 Å². The number of benzene rings is 1. The van der Waals surface area contributed by atoms with Gasteiger partial charge in [0.2, 0.25) is 0 Å². The molecule has 0 saturated carbocycles. The van der Waals surface area contributed by atoms with Gasteiger partial charge in [-0.2, -0.15) is 13.2 Å². The molecule has 6 nitrogen and oxygen atoms in total. The van der Waals surface area contributed by atoms with Crippen LogP contribution in [0.3, 0.4) is 0 Å². The molecule has 0 bridgehead atoms. The van der Waals surface area contributed by atoms with Crippen LogP contribution in [0.4, 0.5) is 18.9 Å². The summed E-state index contributed by atoms with van der Waals surface area (Å²) in [5, 5.41) is 11.1. The van der Waals surface area contributed by atoms with Crippen molar-refractivity contribution < 1.29 is 22.9 Å². The summed E-state index contributed by atoms with van der Waals surface area (Å²) in [5.41, 5.74) is -0.724. The Morgan fingerprint density at radius 1 is 1.31 bits per heavy atom. The molecule has 1 aliphatic heterocycles. The number of carbonyl (C=O) groups excluding carboxylic acids is 1. The number of likely N-dealkylation sites (N-methyl/N-ethyl adjacent to an activating group) is 1. The Labute approximate surface area is 152 Å². The van der Waals surface area contributed by atoms with Gasteiger partial charge in [0.15, 0.2) is 0 Å². The van der Waals surface area contributed by atoms with E-state index < -0.39 is 16.7 Å². The van der Waals surface area contributed by atoms with E-state index >= 15 is 0 Å². The third-order valence-corrected chi connectivity index (χ3v) is 4.81. The molecule has 0 spiro atoms. The molecule has 2 rings (SSSR count). The van der Waals surface area contributed by atoms with Gasteiger partial charge in [0.05, 0.1) is 10.5 Å². The van der Waals surface area contributed by atoms with Gasteiger partial charge < -0.3 is 4.90 Å². The second kappa shape index (κ2) is 8.37. The Balaban J connectivity index is 2.23. The van der Waals surface area contributed by atoms with Crippen molar-refractivity contribution in [3.63, 3.8) is 0 Å². The third-order valence-electron chi connectivity index (χ3n) is 3.70. The van der Waals surface area contributed by atoms with E-state index in [4.69, 9.17) is 0 Å². The second-order valence-corrected chi connectivity index (χ2v) is 6.63. The minimum absolute atomic E-state index is 0.0567. The van der Waals surface area contributed by atoms with E-state index in [0.29, 0.717) is 29.8 Å². The Morgan fingerprint density at radius 3 is 2.62 bits per heavy atom. The summed E-state index contributed by atoms with van der Waals surface area (Å²) in [5.74, 6) is 0. The first-order valence-electron chi connectivity index (χ1n) is 7.53. The van der Waals surface area contributed by atoms with Crippen LogP contribution in [0.5, 0.6) is 0 Å². The number of para-hydroxylation sites is 1. The van der Waals surface area contributed by atoms with Gasteiger partial charge in [0, 0.05) is 38.4 Å². The predicted octanol–water partition coefficient (Wildman–Crippen LogP) is 3.42. The van der Waals surface area contributed by atoms with Crippen molar-refractivity contribution in [2.45, 2.75) is 11.1 Å². The molecule has 0 aliphatic carbocycles. The van der Waals surface area contributed by atoms with E-state index in [1.165, 1.54) is 6.07 Å². The lowest BCUT2D eigenvalue weighted by molar-refractivity contribution is -0.387. The number of carbonyl (C=O) groups is 1. The molecular formula is C16H16F3N3O3S. The average molecular weight is 387 g/mol. The van der Waals surface area contributed by atoms with Crippen LogP contribution >= 0.6 is 11.9 Å². The van der Waals surface area contributed by atoms with Crippen molar-refractivity contribution in [1.29, 1.82) is 0 Å². The van der Waals surface area contributed by atoms with Crippen molar-refractivity contribution in [3.8, 4) is 0 Å². The first-order chi connectivity index (χ1) is 12.2. The Bertz CT molecular complexity index is 750. The molecule has 0 N–H and O–H groups in total. The van der Waals surface area contributed by atoms with Gasteiger partial charge in [-0.25, -0.2) is 4.31 Å². The smallest absolute Gasteiger partial charge is 0.375 e. The summed E-state index contributed by atoms with van der Waals surface area (Å²) in [6, 6.07) is 6.19. The maximum Gasteiger partial charge on any atom is 0.416 e. The quantitative estimate of drug-likeness (QED) is 0.254. The maximum atomic E-state index is 13.0. The van der Waals surface area contributed by atoms with Crippen LogP contribution in [0.2, 0.25) is 0 Å². The summed E-state index contributed by atoms with van der Waals surface area (Å²) in [6.45, 7) is 1.12. The van der Waals surface area contributed by atoms with E-state index in [9.17, 15) is 28.1 Å². The summed E-state index contributed by atoms with van der Waals surface area (Å²) in [7, 11) is 1.66. The fraction of sp³-hybridized carbons (Fsp3) is 0.312. The zero-order chi connectivity index (χ0) is 19.3. The fourth-order valence-corrected chi connectivity index (χ4v) is 3.34. The highest BCUT2D eigenvalue weighted by atomic mass is 32.2. The summed E-state index contributed by atoms with van der Waals surface area (Å²) in [4.78, 5) is 23.2. The summed E-state index contributed by atoms with van der Waals surface area (Å²) >= 11 is 1.13. The number of alkyl halides is 3. The van der Waals surface area contributed by atoms with Gasteiger partial charge in [0.1, 0.15) is 11.2 Å².